The van der Waals surface area contributed by atoms with Gasteiger partial charge in [-0.25, -0.2) is 8.42 Å². The maximum Gasteiger partial charge on any atom is 0.264 e. The zero-order valence-corrected chi connectivity index (χ0v) is 17.6. The molecule has 0 bridgehead atoms. The lowest BCUT2D eigenvalue weighted by molar-refractivity contribution is -0.114. The van der Waals surface area contributed by atoms with Crippen molar-refractivity contribution in [2.45, 2.75) is 18.2 Å². The fourth-order valence-corrected chi connectivity index (χ4v) is 5.11. The van der Waals surface area contributed by atoms with Crippen molar-refractivity contribution in [1.82, 2.24) is 0 Å². The van der Waals surface area contributed by atoms with Crippen molar-refractivity contribution in [3.63, 3.8) is 0 Å². The highest BCUT2D eigenvalue weighted by Crippen LogP contribution is 2.32. The van der Waals surface area contributed by atoms with E-state index >= 15 is 0 Å². The second-order valence-electron chi connectivity index (χ2n) is 7.20. The highest BCUT2D eigenvalue weighted by Gasteiger charge is 2.30. The van der Waals surface area contributed by atoms with Crippen LogP contribution in [0, 0.1) is 0 Å². The fraction of sp³-hybridized carbons (Fsp3) is 0.130. The Hall–Kier alpha value is -3.65. The summed E-state index contributed by atoms with van der Waals surface area (Å²) in [5, 5.41) is 5.39. The Kier molecular flexibility index (Phi) is 5.48. The number of nitrogens with one attached hydrogen (secondary N) is 2. The molecule has 0 spiro atoms. The summed E-state index contributed by atoms with van der Waals surface area (Å²) >= 11 is 0. The number of rotatable bonds is 5. The molecule has 0 aliphatic carbocycles. The molecule has 0 saturated heterocycles. The molecule has 158 valence electrons. The maximum atomic E-state index is 13.2. The molecule has 0 saturated carbocycles. The van der Waals surface area contributed by atoms with E-state index in [4.69, 9.17) is 0 Å². The lowest BCUT2D eigenvalue weighted by Gasteiger charge is -2.20. The van der Waals surface area contributed by atoms with Gasteiger partial charge >= 0.3 is 0 Å². The summed E-state index contributed by atoms with van der Waals surface area (Å²) in [6.45, 7) is 1.77. The fourth-order valence-electron chi connectivity index (χ4n) is 3.56. The zero-order chi connectivity index (χ0) is 22.0. The highest BCUT2D eigenvalue weighted by atomic mass is 32.2. The number of carbonyl (C=O) groups excluding carboxylic acids is 2. The first-order valence-corrected chi connectivity index (χ1v) is 11.2. The number of benzene rings is 3. The molecule has 3 aromatic carbocycles. The number of sulfonamides is 1. The van der Waals surface area contributed by atoms with Crippen molar-refractivity contribution in [1.29, 1.82) is 0 Å². The normalized spacial score (nSPS) is 12.9. The Labute approximate surface area is 180 Å². The number of carbonyl (C=O) groups is 2. The predicted octanol–water partition coefficient (Wildman–Crippen LogP) is 3.65. The summed E-state index contributed by atoms with van der Waals surface area (Å²) in [7, 11) is -3.80. The van der Waals surface area contributed by atoms with E-state index in [2.05, 4.69) is 10.6 Å². The number of anilines is 3. The van der Waals surface area contributed by atoms with Crippen molar-refractivity contribution in [3.05, 3.63) is 83.9 Å². The number of fused-ring (bicyclic) bond motifs is 1. The Bertz CT molecular complexity index is 1270. The van der Waals surface area contributed by atoms with Crippen molar-refractivity contribution in [3.8, 4) is 0 Å². The summed E-state index contributed by atoms with van der Waals surface area (Å²) in [5.74, 6) is -0.663. The maximum absolute atomic E-state index is 13.2. The van der Waals surface area contributed by atoms with Gasteiger partial charge in [0.1, 0.15) is 0 Å². The first kappa shape index (κ1) is 20.6. The second kappa shape index (κ2) is 8.23. The number of hydrogen-bond donors (Lipinski definition) is 2. The van der Waals surface area contributed by atoms with Gasteiger partial charge in [-0.15, -0.1) is 0 Å². The van der Waals surface area contributed by atoms with Gasteiger partial charge in [0.2, 0.25) is 5.91 Å². The molecule has 0 unspecified atom stereocenters. The first-order chi connectivity index (χ1) is 14.8. The first-order valence-electron chi connectivity index (χ1n) is 9.74. The number of para-hydroxylation sites is 1. The number of amides is 2. The Morgan fingerprint density at radius 1 is 0.871 bits per heavy atom. The van der Waals surface area contributed by atoms with E-state index in [0.29, 0.717) is 30.0 Å². The molecule has 2 amide bonds. The van der Waals surface area contributed by atoms with Crippen LogP contribution in [0.4, 0.5) is 17.1 Å². The van der Waals surface area contributed by atoms with Gasteiger partial charge in [0.25, 0.3) is 15.9 Å². The molecule has 0 atom stereocenters. The van der Waals surface area contributed by atoms with E-state index in [0.717, 1.165) is 5.56 Å². The summed E-state index contributed by atoms with van der Waals surface area (Å²) < 4.78 is 27.8. The third-order valence-electron chi connectivity index (χ3n) is 4.97. The molecule has 1 aliphatic heterocycles. The van der Waals surface area contributed by atoms with Gasteiger partial charge in [-0.3, -0.25) is 13.9 Å². The molecule has 8 heteroatoms. The third-order valence-corrected chi connectivity index (χ3v) is 6.78. The van der Waals surface area contributed by atoms with Gasteiger partial charge in [0, 0.05) is 30.4 Å². The van der Waals surface area contributed by atoms with E-state index in [1.54, 1.807) is 42.5 Å². The second-order valence-corrected chi connectivity index (χ2v) is 9.06. The molecule has 4 rings (SSSR count). The van der Waals surface area contributed by atoms with E-state index in [1.165, 1.54) is 23.4 Å². The van der Waals surface area contributed by atoms with Gasteiger partial charge in [0.15, 0.2) is 0 Å². The standard InChI is InChI=1S/C23H21N3O4S/c1-16(27)24-19-8-5-9-20(15-19)25-23(28)18-7-4-10-21(14-18)31(29,30)26-13-12-17-6-2-3-11-22(17)26/h2-11,14-15H,12-13H2,1H3,(H,24,27)(H,25,28). The quantitative estimate of drug-likeness (QED) is 0.640. The Morgan fingerprint density at radius 3 is 2.35 bits per heavy atom. The van der Waals surface area contributed by atoms with Crippen LogP contribution in [-0.2, 0) is 21.2 Å². The molecular formula is C23H21N3O4S. The third kappa shape index (κ3) is 4.29. The summed E-state index contributed by atoms with van der Waals surface area (Å²) in [6, 6.07) is 20.1. The lowest BCUT2D eigenvalue weighted by Crippen LogP contribution is -2.29. The van der Waals surface area contributed by atoms with Gasteiger partial charge in [-0.1, -0.05) is 30.3 Å². The molecule has 0 fully saturated rings. The van der Waals surface area contributed by atoms with Gasteiger partial charge < -0.3 is 10.6 Å². The van der Waals surface area contributed by atoms with Crippen LogP contribution in [0.3, 0.4) is 0 Å². The van der Waals surface area contributed by atoms with Crippen LogP contribution in [-0.4, -0.2) is 26.8 Å². The van der Waals surface area contributed by atoms with E-state index in [9.17, 15) is 18.0 Å². The van der Waals surface area contributed by atoms with Crippen molar-refractivity contribution >= 4 is 38.9 Å². The van der Waals surface area contributed by atoms with E-state index < -0.39 is 15.9 Å². The smallest absolute Gasteiger partial charge is 0.264 e. The lowest BCUT2D eigenvalue weighted by atomic mass is 10.2. The van der Waals surface area contributed by atoms with Crippen molar-refractivity contribution in [2.24, 2.45) is 0 Å². The van der Waals surface area contributed by atoms with Crippen molar-refractivity contribution in [2.75, 3.05) is 21.5 Å². The molecule has 2 N–H and O–H groups in total. The monoisotopic (exact) mass is 435 g/mol. The minimum atomic E-state index is -3.80. The summed E-state index contributed by atoms with van der Waals surface area (Å²) in [4.78, 5) is 24.0. The van der Waals surface area contributed by atoms with E-state index in [1.807, 2.05) is 18.2 Å². The average Bonchev–Trinajstić information content (AvgIpc) is 3.19. The topological polar surface area (TPSA) is 95.6 Å². The molecule has 7 nitrogen and oxygen atoms in total. The van der Waals surface area contributed by atoms with Crippen LogP contribution in [0.5, 0.6) is 0 Å². The van der Waals surface area contributed by atoms with Crippen LogP contribution < -0.4 is 14.9 Å². The van der Waals surface area contributed by atoms with E-state index in [-0.39, 0.29) is 16.4 Å². The SMILES string of the molecule is CC(=O)Nc1cccc(NC(=O)c2cccc(S(=O)(=O)N3CCc4ccccc43)c2)c1. The molecular weight excluding hydrogens is 414 g/mol. The van der Waals surface area contributed by atoms with Gasteiger partial charge in [-0.05, 0) is 54.4 Å². The van der Waals surface area contributed by atoms with Crippen LogP contribution in [0.1, 0.15) is 22.8 Å². The Morgan fingerprint density at radius 2 is 1.58 bits per heavy atom. The zero-order valence-electron chi connectivity index (χ0n) is 16.8. The summed E-state index contributed by atoms with van der Waals surface area (Å²) in [6.07, 6.45) is 0.653. The highest BCUT2D eigenvalue weighted by molar-refractivity contribution is 7.92. The average molecular weight is 436 g/mol. The van der Waals surface area contributed by atoms with Crippen molar-refractivity contribution < 1.29 is 18.0 Å². The number of nitrogens with zero attached hydrogens (tertiary/aromatic N) is 1. The predicted molar refractivity (Wildman–Crippen MR) is 120 cm³/mol. The van der Waals surface area contributed by atoms with Gasteiger partial charge in [0.05, 0.1) is 10.6 Å². The van der Waals surface area contributed by atoms with Crippen LogP contribution in [0.25, 0.3) is 0 Å². The van der Waals surface area contributed by atoms with Crippen LogP contribution in [0.2, 0.25) is 0 Å². The summed E-state index contributed by atoms with van der Waals surface area (Å²) in [5.41, 5.74) is 2.91. The van der Waals surface area contributed by atoms with Crippen LogP contribution >= 0.6 is 0 Å². The molecule has 31 heavy (non-hydrogen) atoms. The van der Waals surface area contributed by atoms with Crippen LogP contribution in [0.15, 0.2) is 77.7 Å². The number of hydrogen-bond acceptors (Lipinski definition) is 4. The molecule has 1 heterocycles. The molecule has 0 aromatic heterocycles. The largest absolute Gasteiger partial charge is 0.326 e. The molecule has 1 aliphatic rings. The Balaban J connectivity index is 1.57. The molecule has 0 radical (unpaired) electrons. The minimum Gasteiger partial charge on any atom is -0.326 e. The minimum absolute atomic E-state index is 0.0591. The van der Waals surface area contributed by atoms with Gasteiger partial charge in [-0.2, -0.15) is 0 Å². The molecule has 3 aromatic rings.